The number of benzene rings is 2. The van der Waals surface area contributed by atoms with Gasteiger partial charge in [0.15, 0.2) is 5.13 Å². The Morgan fingerprint density at radius 3 is 2.67 bits per heavy atom. The molecule has 5 rings (SSSR count). The lowest BCUT2D eigenvalue weighted by molar-refractivity contribution is 0.0917. The molecule has 36 heavy (non-hydrogen) atoms. The number of anilines is 1. The van der Waals surface area contributed by atoms with Gasteiger partial charge in [0.1, 0.15) is 0 Å². The summed E-state index contributed by atoms with van der Waals surface area (Å²) in [6, 6.07) is 12.5. The van der Waals surface area contributed by atoms with E-state index in [2.05, 4.69) is 19.9 Å². The van der Waals surface area contributed by atoms with Crippen molar-refractivity contribution < 1.29 is 17.9 Å². The van der Waals surface area contributed by atoms with Crippen molar-refractivity contribution in [3.63, 3.8) is 0 Å². The number of carbonyl (C=O) groups excluding carboxylic acids is 1. The molecule has 0 spiro atoms. The quantitative estimate of drug-likeness (QED) is 0.427. The zero-order valence-corrected chi connectivity index (χ0v) is 22.5. The van der Waals surface area contributed by atoms with E-state index in [9.17, 15) is 13.2 Å². The Morgan fingerprint density at radius 1 is 1.17 bits per heavy atom. The van der Waals surface area contributed by atoms with Gasteiger partial charge in [0.05, 0.1) is 27.8 Å². The van der Waals surface area contributed by atoms with Crippen molar-refractivity contribution in [2.45, 2.75) is 57.0 Å². The van der Waals surface area contributed by atoms with Gasteiger partial charge in [0.25, 0.3) is 5.91 Å². The lowest BCUT2D eigenvalue weighted by atomic mass is 10.0. The number of para-hydroxylation sites is 1. The Bertz CT molecular complexity index is 1330. The molecule has 0 saturated carbocycles. The average molecular weight is 528 g/mol. The van der Waals surface area contributed by atoms with Crippen LogP contribution in [-0.4, -0.2) is 56.0 Å². The molecule has 192 valence electrons. The van der Waals surface area contributed by atoms with E-state index in [1.165, 1.54) is 11.3 Å². The summed E-state index contributed by atoms with van der Waals surface area (Å²) in [4.78, 5) is 20.5. The SMILES string of the molecule is CCc1cccc2sc(N(CC3CCCO3)C(=O)c3ccc(S(=O)(=O)N4CCCC(C)C4)cc3)nc12. The van der Waals surface area contributed by atoms with Gasteiger partial charge >= 0.3 is 0 Å². The smallest absolute Gasteiger partial charge is 0.260 e. The van der Waals surface area contributed by atoms with Crippen molar-refractivity contribution in [1.29, 1.82) is 0 Å². The predicted molar refractivity (Wildman–Crippen MR) is 143 cm³/mol. The van der Waals surface area contributed by atoms with Crippen LogP contribution in [0.4, 0.5) is 5.13 Å². The van der Waals surface area contributed by atoms with E-state index in [1.807, 2.05) is 12.1 Å². The number of fused-ring (bicyclic) bond motifs is 1. The summed E-state index contributed by atoms with van der Waals surface area (Å²) in [5.41, 5.74) is 2.53. The van der Waals surface area contributed by atoms with Crippen LogP contribution in [0.2, 0.25) is 0 Å². The molecular formula is C27H33N3O4S2. The second-order valence-electron chi connectivity index (χ2n) is 9.80. The third kappa shape index (κ3) is 5.07. The third-order valence-corrected chi connectivity index (χ3v) is 10.0. The lowest BCUT2D eigenvalue weighted by Gasteiger charge is -2.30. The Balaban J connectivity index is 1.44. The van der Waals surface area contributed by atoms with E-state index in [0.717, 1.165) is 47.9 Å². The molecule has 1 amide bonds. The maximum atomic E-state index is 13.7. The molecule has 2 atom stereocenters. The van der Waals surface area contributed by atoms with E-state index >= 15 is 0 Å². The fourth-order valence-electron chi connectivity index (χ4n) is 5.07. The number of piperidine rings is 1. The number of aryl methyl sites for hydroxylation is 1. The first-order chi connectivity index (χ1) is 17.4. The largest absolute Gasteiger partial charge is 0.376 e. The molecule has 2 fully saturated rings. The number of thiazole rings is 1. The molecule has 3 heterocycles. The maximum Gasteiger partial charge on any atom is 0.260 e. The minimum absolute atomic E-state index is 0.0349. The molecule has 2 aliphatic rings. The normalized spacial score (nSPS) is 21.2. The van der Waals surface area contributed by atoms with Crippen molar-refractivity contribution in [2.75, 3.05) is 31.1 Å². The molecule has 1 aromatic heterocycles. The summed E-state index contributed by atoms with van der Waals surface area (Å²) in [5, 5.41) is 0.644. The first-order valence-electron chi connectivity index (χ1n) is 12.8. The van der Waals surface area contributed by atoms with Crippen LogP contribution in [0, 0.1) is 5.92 Å². The third-order valence-electron chi connectivity index (χ3n) is 7.12. The van der Waals surface area contributed by atoms with Gasteiger partial charge < -0.3 is 4.74 Å². The second kappa shape index (κ2) is 10.6. The van der Waals surface area contributed by atoms with Crippen LogP contribution < -0.4 is 4.90 Å². The number of sulfonamides is 1. The number of rotatable bonds is 7. The Morgan fingerprint density at radius 2 is 1.97 bits per heavy atom. The highest BCUT2D eigenvalue weighted by atomic mass is 32.2. The van der Waals surface area contributed by atoms with E-state index in [0.29, 0.717) is 42.9 Å². The summed E-state index contributed by atoms with van der Waals surface area (Å²) < 4.78 is 34.8. The fraction of sp³-hybridized carbons (Fsp3) is 0.481. The predicted octanol–water partition coefficient (Wildman–Crippen LogP) is 5.11. The minimum atomic E-state index is -3.58. The first kappa shape index (κ1) is 25.3. The summed E-state index contributed by atoms with van der Waals surface area (Å²) in [6.45, 7) is 6.39. The van der Waals surface area contributed by atoms with E-state index in [4.69, 9.17) is 9.72 Å². The van der Waals surface area contributed by atoms with Crippen LogP contribution in [0.3, 0.4) is 0 Å². The highest BCUT2D eigenvalue weighted by molar-refractivity contribution is 7.89. The molecule has 2 aliphatic heterocycles. The van der Waals surface area contributed by atoms with Gasteiger partial charge in [0.2, 0.25) is 10.0 Å². The molecule has 0 N–H and O–H groups in total. The molecule has 9 heteroatoms. The first-order valence-corrected chi connectivity index (χ1v) is 15.0. The standard InChI is InChI=1S/C27H33N3O4S2/c1-3-20-8-4-10-24-25(20)28-27(35-24)30(18-22-9-6-16-34-22)26(31)21-11-13-23(14-12-21)36(32,33)29-15-5-7-19(2)17-29/h4,8,10-14,19,22H,3,5-7,9,15-18H2,1-2H3. The highest BCUT2D eigenvalue weighted by Crippen LogP contribution is 2.33. The topological polar surface area (TPSA) is 79.8 Å². The van der Waals surface area contributed by atoms with Crippen LogP contribution >= 0.6 is 11.3 Å². The second-order valence-corrected chi connectivity index (χ2v) is 12.7. The fourth-order valence-corrected chi connectivity index (χ4v) is 7.69. The maximum absolute atomic E-state index is 13.7. The molecule has 2 aromatic carbocycles. The van der Waals surface area contributed by atoms with Gasteiger partial charge in [-0.1, -0.05) is 37.3 Å². The van der Waals surface area contributed by atoms with E-state index < -0.39 is 10.0 Å². The molecule has 0 radical (unpaired) electrons. The monoisotopic (exact) mass is 527 g/mol. The van der Waals surface area contributed by atoms with Crippen LogP contribution in [0.25, 0.3) is 10.2 Å². The van der Waals surface area contributed by atoms with Crippen LogP contribution in [0.15, 0.2) is 47.4 Å². The van der Waals surface area contributed by atoms with Gasteiger partial charge in [-0.25, -0.2) is 13.4 Å². The molecule has 3 aromatic rings. The molecule has 2 saturated heterocycles. The van der Waals surface area contributed by atoms with Crippen molar-refractivity contribution >= 4 is 42.6 Å². The van der Waals surface area contributed by atoms with Gasteiger partial charge in [-0.05, 0) is 73.9 Å². The van der Waals surface area contributed by atoms with Crippen LogP contribution in [0.1, 0.15) is 55.5 Å². The number of hydrogen-bond donors (Lipinski definition) is 0. The van der Waals surface area contributed by atoms with Crippen molar-refractivity contribution in [3.05, 3.63) is 53.6 Å². The molecular weight excluding hydrogens is 494 g/mol. The van der Waals surface area contributed by atoms with Gasteiger partial charge in [-0.15, -0.1) is 0 Å². The number of ether oxygens (including phenoxy) is 1. The number of amides is 1. The Labute approximate surface area is 217 Å². The van der Waals surface area contributed by atoms with Crippen molar-refractivity contribution in [2.24, 2.45) is 5.92 Å². The zero-order valence-electron chi connectivity index (χ0n) is 20.9. The summed E-state index contributed by atoms with van der Waals surface area (Å²) in [7, 11) is -3.58. The van der Waals surface area contributed by atoms with Crippen molar-refractivity contribution in [3.8, 4) is 0 Å². The van der Waals surface area contributed by atoms with Crippen molar-refractivity contribution in [1.82, 2.24) is 9.29 Å². The van der Waals surface area contributed by atoms with Crippen LogP contribution in [0.5, 0.6) is 0 Å². The van der Waals surface area contributed by atoms with E-state index in [-0.39, 0.29) is 16.9 Å². The highest BCUT2D eigenvalue weighted by Gasteiger charge is 2.30. The lowest BCUT2D eigenvalue weighted by Crippen LogP contribution is -2.39. The van der Waals surface area contributed by atoms with Gasteiger partial charge in [-0.2, -0.15) is 4.31 Å². The Kier molecular flexibility index (Phi) is 7.44. The number of nitrogens with zero attached hydrogens (tertiary/aromatic N) is 3. The van der Waals surface area contributed by atoms with Gasteiger partial charge in [0, 0.05) is 25.3 Å². The average Bonchev–Trinajstić information content (AvgIpc) is 3.56. The molecule has 7 nitrogen and oxygen atoms in total. The number of carbonyl (C=O) groups is 1. The number of hydrogen-bond acceptors (Lipinski definition) is 6. The molecule has 2 unspecified atom stereocenters. The van der Waals surface area contributed by atoms with Crippen LogP contribution in [-0.2, 0) is 21.2 Å². The summed E-state index contributed by atoms with van der Waals surface area (Å²) >= 11 is 1.50. The minimum Gasteiger partial charge on any atom is -0.376 e. The molecule has 0 aliphatic carbocycles. The summed E-state index contributed by atoms with van der Waals surface area (Å²) in [6.07, 6.45) is 4.63. The Hall–Kier alpha value is -2.33. The number of aromatic nitrogens is 1. The summed E-state index contributed by atoms with van der Waals surface area (Å²) in [5.74, 6) is 0.154. The van der Waals surface area contributed by atoms with E-state index in [1.54, 1.807) is 33.5 Å². The molecule has 0 bridgehead atoms. The van der Waals surface area contributed by atoms with Gasteiger partial charge in [-0.3, -0.25) is 9.69 Å². The zero-order chi connectivity index (χ0) is 25.3.